The Labute approximate surface area is 73.1 Å². The molecule has 0 heterocycles. The van der Waals surface area contributed by atoms with Gasteiger partial charge in [0.25, 0.3) is 0 Å². The SMILES string of the molecule is CC(C)(C)OO.CC(C)C(=O)O. The summed E-state index contributed by atoms with van der Waals surface area (Å²) in [5.41, 5.74) is -0.403. The first-order chi connectivity index (χ1) is 5.20. The summed E-state index contributed by atoms with van der Waals surface area (Å²) in [6.45, 7) is 8.59. The Kier molecular flexibility index (Phi) is 6.94. The summed E-state index contributed by atoms with van der Waals surface area (Å²) in [6, 6.07) is 0. The molecular weight excluding hydrogens is 160 g/mol. The lowest BCUT2D eigenvalue weighted by Crippen LogP contribution is -2.15. The van der Waals surface area contributed by atoms with E-state index in [-0.39, 0.29) is 5.92 Å². The molecule has 0 atom stereocenters. The second kappa shape index (κ2) is 5.97. The molecule has 4 nitrogen and oxygen atoms in total. The first-order valence-electron chi connectivity index (χ1n) is 3.76. The van der Waals surface area contributed by atoms with Crippen molar-refractivity contribution in [3.63, 3.8) is 0 Å². The minimum atomic E-state index is -0.741. The molecule has 0 saturated heterocycles. The van der Waals surface area contributed by atoms with E-state index in [1.165, 1.54) is 0 Å². The molecule has 0 aliphatic rings. The van der Waals surface area contributed by atoms with Crippen LogP contribution in [0.3, 0.4) is 0 Å². The van der Waals surface area contributed by atoms with Crippen molar-refractivity contribution >= 4 is 5.97 Å². The number of rotatable bonds is 1. The second-order valence-electron chi connectivity index (χ2n) is 3.70. The number of carboxylic acids is 1. The Morgan fingerprint density at radius 2 is 1.50 bits per heavy atom. The fourth-order valence-electron chi connectivity index (χ4n) is 0. The van der Waals surface area contributed by atoms with Crippen molar-refractivity contribution in [3.05, 3.63) is 0 Å². The summed E-state index contributed by atoms with van der Waals surface area (Å²) in [5, 5.41) is 15.9. The van der Waals surface area contributed by atoms with Crippen LogP contribution < -0.4 is 0 Å². The van der Waals surface area contributed by atoms with Gasteiger partial charge in [-0.25, -0.2) is 4.89 Å². The summed E-state index contributed by atoms with van der Waals surface area (Å²) in [5.74, 6) is -0.972. The van der Waals surface area contributed by atoms with Crippen LogP contribution in [-0.2, 0) is 9.68 Å². The van der Waals surface area contributed by atoms with E-state index in [1.807, 2.05) is 0 Å². The van der Waals surface area contributed by atoms with Crippen LogP contribution in [0.2, 0.25) is 0 Å². The van der Waals surface area contributed by atoms with Crippen molar-refractivity contribution in [3.8, 4) is 0 Å². The van der Waals surface area contributed by atoms with E-state index in [0.29, 0.717) is 0 Å². The Hall–Kier alpha value is -0.610. The molecule has 0 amide bonds. The quantitative estimate of drug-likeness (QED) is 0.476. The highest BCUT2D eigenvalue weighted by Gasteiger charge is 2.07. The van der Waals surface area contributed by atoms with Crippen molar-refractivity contribution < 1.29 is 20.0 Å². The first kappa shape index (κ1) is 13.9. The maximum absolute atomic E-state index is 9.70. The second-order valence-corrected chi connectivity index (χ2v) is 3.70. The van der Waals surface area contributed by atoms with E-state index in [0.717, 1.165) is 0 Å². The summed E-state index contributed by atoms with van der Waals surface area (Å²) < 4.78 is 0. The molecule has 0 aromatic carbocycles. The average molecular weight is 178 g/mol. The summed E-state index contributed by atoms with van der Waals surface area (Å²) in [6.07, 6.45) is 0. The van der Waals surface area contributed by atoms with Gasteiger partial charge in [-0.05, 0) is 20.8 Å². The Morgan fingerprint density at radius 3 is 1.50 bits per heavy atom. The molecule has 0 aromatic heterocycles. The van der Waals surface area contributed by atoms with Crippen molar-refractivity contribution in [2.45, 2.75) is 40.2 Å². The van der Waals surface area contributed by atoms with Crippen LogP contribution in [0.1, 0.15) is 34.6 Å². The molecule has 2 N–H and O–H groups in total. The smallest absolute Gasteiger partial charge is 0.305 e. The van der Waals surface area contributed by atoms with Crippen LogP contribution in [0.25, 0.3) is 0 Å². The van der Waals surface area contributed by atoms with Gasteiger partial charge in [-0.2, -0.15) is 0 Å². The van der Waals surface area contributed by atoms with Crippen LogP contribution in [0.15, 0.2) is 0 Å². The largest absolute Gasteiger partial charge is 0.481 e. The molecule has 0 rings (SSSR count). The van der Waals surface area contributed by atoms with Gasteiger partial charge < -0.3 is 5.11 Å². The summed E-state index contributed by atoms with van der Waals surface area (Å²) in [4.78, 5) is 13.6. The average Bonchev–Trinajstić information content (AvgIpc) is 1.87. The van der Waals surface area contributed by atoms with Crippen molar-refractivity contribution in [2.75, 3.05) is 0 Å². The van der Waals surface area contributed by atoms with Gasteiger partial charge in [-0.3, -0.25) is 10.1 Å². The van der Waals surface area contributed by atoms with Gasteiger partial charge in [0.2, 0.25) is 0 Å². The van der Waals surface area contributed by atoms with Crippen molar-refractivity contribution in [1.82, 2.24) is 0 Å². The van der Waals surface area contributed by atoms with Gasteiger partial charge in [0.15, 0.2) is 0 Å². The molecule has 0 bridgehead atoms. The highest BCUT2D eigenvalue weighted by molar-refractivity contribution is 5.68. The van der Waals surface area contributed by atoms with E-state index >= 15 is 0 Å². The van der Waals surface area contributed by atoms with E-state index < -0.39 is 11.6 Å². The number of carbonyl (C=O) groups is 1. The molecule has 0 aliphatic carbocycles. The molecule has 4 heteroatoms. The van der Waals surface area contributed by atoms with Gasteiger partial charge in [-0.15, -0.1) is 0 Å². The number of hydrogen-bond acceptors (Lipinski definition) is 3. The van der Waals surface area contributed by atoms with Crippen LogP contribution in [0, 0.1) is 5.92 Å². The maximum Gasteiger partial charge on any atom is 0.305 e. The molecule has 0 aromatic rings. The van der Waals surface area contributed by atoms with Gasteiger partial charge in [0.05, 0.1) is 11.5 Å². The minimum Gasteiger partial charge on any atom is -0.481 e. The predicted octanol–water partition coefficient (Wildman–Crippen LogP) is 2.00. The molecule has 0 radical (unpaired) electrons. The highest BCUT2D eigenvalue weighted by Crippen LogP contribution is 2.01. The molecule has 0 spiro atoms. The molecule has 0 fully saturated rings. The lowest BCUT2D eigenvalue weighted by atomic mass is 10.2. The van der Waals surface area contributed by atoms with Gasteiger partial charge in [0.1, 0.15) is 0 Å². The normalized spacial score (nSPS) is 10.6. The van der Waals surface area contributed by atoms with E-state index in [1.54, 1.807) is 34.6 Å². The Morgan fingerprint density at radius 1 is 1.33 bits per heavy atom. The first-order valence-corrected chi connectivity index (χ1v) is 3.76. The Balaban J connectivity index is 0. The maximum atomic E-state index is 9.70. The van der Waals surface area contributed by atoms with Crippen LogP contribution in [-0.4, -0.2) is 21.9 Å². The van der Waals surface area contributed by atoms with E-state index in [4.69, 9.17) is 10.4 Å². The predicted molar refractivity (Wildman–Crippen MR) is 45.9 cm³/mol. The number of aliphatic carboxylic acids is 1. The molecule has 0 aliphatic heterocycles. The van der Waals surface area contributed by atoms with Crippen LogP contribution in [0.5, 0.6) is 0 Å². The molecule has 0 unspecified atom stereocenters. The standard InChI is InChI=1S/C4H10O2.C4H8O2/c1-4(2,3)6-5;1-3(2)4(5)6/h5H,1-3H3;3H,1-2H3,(H,5,6). The number of hydrogen-bond donors (Lipinski definition) is 2. The van der Waals surface area contributed by atoms with Gasteiger partial charge in [0, 0.05) is 0 Å². The third-order valence-corrected chi connectivity index (χ3v) is 0.768. The van der Waals surface area contributed by atoms with Crippen LogP contribution >= 0.6 is 0 Å². The lowest BCUT2D eigenvalue weighted by molar-refractivity contribution is -0.306. The minimum absolute atomic E-state index is 0.231. The zero-order valence-corrected chi connectivity index (χ0v) is 8.29. The zero-order chi connectivity index (χ0) is 10.4. The molecular formula is C8H18O4. The third-order valence-electron chi connectivity index (χ3n) is 0.768. The lowest BCUT2D eigenvalue weighted by Gasteiger charge is -2.10. The number of carboxylic acid groups (broad SMARTS) is 1. The fraction of sp³-hybridized carbons (Fsp3) is 0.875. The highest BCUT2D eigenvalue weighted by atomic mass is 17.1. The molecule has 12 heavy (non-hydrogen) atoms. The Bertz CT molecular complexity index is 124. The monoisotopic (exact) mass is 178 g/mol. The molecule has 74 valence electrons. The van der Waals surface area contributed by atoms with Gasteiger partial charge >= 0.3 is 5.97 Å². The van der Waals surface area contributed by atoms with E-state index in [2.05, 4.69) is 4.89 Å². The zero-order valence-electron chi connectivity index (χ0n) is 8.29. The molecule has 0 saturated carbocycles. The van der Waals surface area contributed by atoms with Crippen LogP contribution in [0.4, 0.5) is 0 Å². The van der Waals surface area contributed by atoms with Gasteiger partial charge in [-0.1, -0.05) is 13.8 Å². The summed E-state index contributed by atoms with van der Waals surface area (Å²) in [7, 11) is 0. The fourth-order valence-corrected chi connectivity index (χ4v) is 0. The topological polar surface area (TPSA) is 66.8 Å². The summed E-state index contributed by atoms with van der Waals surface area (Å²) >= 11 is 0. The van der Waals surface area contributed by atoms with Crippen molar-refractivity contribution in [1.29, 1.82) is 0 Å². The van der Waals surface area contributed by atoms with E-state index in [9.17, 15) is 4.79 Å². The third kappa shape index (κ3) is 16.2. The van der Waals surface area contributed by atoms with Crippen molar-refractivity contribution in [2.24, 2.45) is 5.92 Å².